The molecule has 0 N–H and O–H groups in total. The SMILES string of the molecule is CC(=O)C(F)(CBr)C(C)(C)C. The Hall–Kier alpha value is 0.0800. The van der Waals surface area contributed by atoms with Gasteiger partial charge in [-0.15, -0.1) is 0 Å². The molecule has 0 amide bonds. The summed E-state index contributed by atoms with van der Waals surface area (Å²) >= 11 is 3.01. The number of halogens is 2. The molecule has 0 rings (SSSR count). The number of alkyl halides is 2. The smallest absolute Gasteiger partial charge is 0.182 e. The lowest BCUT2D eigenvalue weighted by molar-refractivity contribution is -0.133. The molecule has 0 aliphatic carbocycles. The van der Waals surface area contributed by atoms with Crippen molar-refractivity contribution < 1.29 is 9.18 Å². The highest BCUT2D eigenvalue weighted by atomic mass is 79.9. The molecule has 0 aromatic heterocycles. The molecule has 0 aromatic rings. The predicted molar refractivity (Wildman–Crippen MR) is 47.8 cm³/mol. The van der Waals surface area contributed by atoms with Gasteiger partial charge in [-0.05, 0) is 6.92 Å². The van der Waals surface area contributed by atoms with Crippen molar-refractivity contribution in [1.82, 2.24) is 0 Å². The molecule has 0 bridgehead atoms. The van der Waals surface area contributed by atoms with Crippen molar-refractivity contribution in [2.75, 3.05) is 5.33 Å². The molecule has 66 valence electrons. The van der Waals surface area contributed by atoms with E-state index in [2.05, 4.69) is 15.9 Å². The van der Waals surface area contributed by atoms with E-state index in [4.69, 9.17) is 0 Å². The van der Waals surface area contributed by atoms with Gasteiger partial charge in [-0.2, -0.15) is 0 Å². The van der Waals surface area contributed by atoms with Crippen molar-refractivity contribution in [2.24, 2.45) is 5.41 Å². The number of ketones is 1. The van der Waals surface area contributed by atoms with E-state index in [1.165, 1.54) is 6.92 Å². The van der Waals surface area contributed by atoms with Gasteiger partial charge in [0, 0.05) is 10.7 Å². The molecule has 0 saturated carbocycles. The zero-order valence-electron chi connectivity index (χ0n) is 7.37. The van der Waals surface area contributed by atoms with E-state index < -0.39 is 16.9 Å². The van der Waals surface area contributed by atoms with Crippen molar-refractivity contribution in [1.29, 1.82) is 0 Å². The number of rotatable bonds is 2. The molecule has 0 fully saturated rings. The normalized spacial score (nSPS) is 17.6. The van der Waals surface area contributed by atoms with Crippen LogP contribution in [-0.2, 0) is 4.79 Å². The van der Waals surface area contributed by atoms with Crippen LogP contribution >= 0.6 is 15.9 Å². The summed E-state index contributed by atoms with van der Waals surface area (Å²) in [5, 5.41) is 0.0683. The summed E-state index contributed by atoms with van der Waals surface area (Å²) in [6, 6.07) is 0. The Bertz CT molecular complexity index is 162. The van der Waals surface area contributed by atoms with E-state index in [9.17, 15) is 9.18 Å². The van der Waals surface area contributed by atoms with Crippen molar-refractivity contribution in [3.05, 3.63) is 0 Å². The van der Waals surface area contributed by atoms with Crippen molar-refractivity contribution in [2.45, 2.75) is 33.4 Å². The van der Waals surface area contributed by atoms with Gasteiger partial charge in [0.2, 0.25) is 0 Å². The van der Waals surface area contributed by atoms with Crippen LogP contribution in [0, 0.1) is 5.41 Å². The molecule has 3 heteroatoms. The van der Waals surface area contributed by atoms with Crippen LogP contribution in [0.2, 0.25) is 0 Å². The summed E-state index contributed by atoms with van der Waals surface area (Å²) in [6.07, 6.45) is 0. The molecular formula is C8H14BrFO. The molecule has 0 aliphatic rings. The first kappa shape index (κ1) is 11.1. The summed E-state index contributed by atoms with van der Waals surface area (Å²) < 4.78 is 13.8. The van der Waals surface area contributed by atoms with E-state index in [0.29, 0.717) is 0 Å². The van der Waals surface area contributed by atoms with Gasteiger partial charge < -0.3 is 0 Å². The van der Waals surface area contributed by atoms with E-state index in [1.54, 1.807) is 20.8 Å². The molecule has 0 radical (unpaired) electrons. The van der Waals surface area contributed by atoms with Gasteiger partial charge in [-0.1, -0.05) is 36.7 Å². The van der Waals surface area contributed by atoms with Crippen molar-refractivity contribution >= 4 is 21.7 Å². The predicted octanol–water partition coefficient (Wildman–Crippen LogP) is 2.72. The fourth-order valence-corrected chi connectivity index (χ4v) is 2.06. The number of Topliss-reactive ketones (excluding diaryl/α,β-unsaturated/α-hetero) is 1. The summed E-state index contributed by atoms with van der Waals surface area (Å²) in [5.41, 5.74) is -2.38. The topological polar surface area (TPSA) is 17.1 Å². The standard InChI is InChI=1S/C8H14BrFO/c1-6(11)8(10,5-9)7(2,3)4/h5H2,1-4H3. The second-order valence-electron chi connectivity index (χ2n) is 3.74. The zero-order valence-corrected chi connectivity index (χ0v) is 8.96. The van der Waals surface area contributed by atoms with Gasteiger partial charge in [0.15, 0.2) is 11.5 Å². The largest absolute Gasteiger partial charge is 0.296 e. The van der Waals surface area contributed by atoms with Crippen molar-refractivity contribution in [3.8, 4) is 0 Å². The fourth-order valence-electron chi connectivity index (χ4n) is 0.823. The molecule has 0 heterocycles. The number of hydrogen-bond donors (Lipinski definition) is 0. The van der Waals surface area contributed by atoms with E-state index in [1.807, 2.05) is 0 Å². The lowest BCUT2D eigenvalue weighted by Crippen LogP contribution is -2.46. The number of carbonyl (C=O) groups excluding carboxylic acids is 1. The fraction of sp³-hybridized carbons (Fsp3) is 0.875. The Morgan fingerprint density at radius 2 is 1.82 bits per heavy atom. The van der Waals surface area contributed by atoms with E-state index in [0.717, 1.165) is 0 Å². The van der Waals surface area contributed by atoms with Crippen LogP contribution in [-0.4, -0.2) is 16.8 Å². The monoisotopic (exact) mass is 224 g/mol. The highest BCUT2D eigenvalue weighted by Crippen LogP contribution is 2.36. The third-order valence-electron chi connectivity index (χ3n) is 1.93. The molecule has 0 saturated heterocycles. The lowest BCUT2D eigenvalue weighted by atomic mass is 9.77. The maximum atomic E-state index is 13.8. The minimum atomic E-state index is -1.74. The Morgan fingerprint density at radius 1 is 1.45 bits per heavy atom. The summed E-state index contributed by atoms with van der Waals surface area (Å²) in [6.45, 7) is 6.44. The van der Waals surface area contributed by atoms with Crippen LogP contribution in [0.5, 0.6) is 0 Å². The van der Waals surface area contributed by atoms with Crippen LogP contribution < -0.4 is 0 Å². The average molecular weight is 225 g/mol. The van der Waals surface area contributed by atoms with Crippen LogP contribution in [0.1, 0.15) is 27.7 Å². The Balaban J connectivity index is 4.75. The Kier molecular flexibility index (Phi) is 3.24. The third-order valence-corrected chi connectivity index (χ3v) is 2.70. The third kappa shape index (κ3) is 2.01. The number of hydrogen-bond acceptors (Lipinski definition) is 1. The van der Waals surface area contributed by atoms with Crippen LogP contribution in [0.15, 0.2) is 0 Å². The molecule has 1 unspecified atom stereocenters. The van der Waals surface area contributed by atoms with Crippen LogP contribution in [0.4, 0.5) is 4.39 Å². The first-order chi connectivity index (χ1) is 4.75. The minimum absolute atomic E-state index is 0.0683. The molecule has 0 aliphatic heterocycles. The van der Waals surface area contributed by atoms with Crippen molar-refractivity contribution in [3.63, 3.8) is 0 Å². The highest BCUT2D eigenvalue weighted by molar-refractivity contribution is 9.09. The molecule has 0 aromatic carbocycles. The Morgan fingerprint density at radius 3 is 1.82 bits per heavy atom. The van der Waals surface area contributed by atoms with Gasteiger partial charge in [0.05, 0.1) is 0 Å². The quantitative estimate of drug-likeness (QED) is 0.660. The second kappa shape index (κ2) is 3.21. The van der Waals surface area contributed by atoms with Gasteiger partial charge in [-0.25, -0.2) is 4.39 Å². The average Bonchev–Trinajstić information content (AvgIpc) is 1.83. The second-order valence-corrected chi connectivity index (χ2v) is 4.30. The van der Waals surface area contributed by atoms with Crippen LogP contribution in [0.3, 0.4) is 0 Å². The summed E-state index contributed by atoms with van der Waals surface area (Å²) in [4.78, 5) is 10.9. The molecule has 11 heavy (non-hydrogen) atoms. The van der Waals surface area contributed by atoms with Gasteiger partial charge in [0.25, 0.3) is 0 Å². The Labute approximate surface area is 75.5 Å². The molecule has 1 nitrogen and oxygen atoms in total. The highest BCUT2D eigenvalue weighted by Gasteiger charge is 2.45. The van der Waals surface area contributed by atoms with Crippen LogP contribution in [0.25, 0.3) is 0 Å². The first-order valence-corrected chi connectivity index (χ1v) is 4.64. The summed E-state index contributed by atoms with van der Waals surface area (Å²) in [5.74, 6) is -0.415. The van der Waals surface area contributed by atoms with Gasteiger partial charge in [0.1, 0.15) is 0 Å². The lowest BCUT2D eigenvalue weighted by Gasteiger charge is -2.33. The maximum Gasteiger partial charge on any atom is 0.182 e. The number of carbonyl (C=O) groups is 1. The first-order valence-electron chi connectivity index (χ1n) is 3.51. The molecule has 0 spiro atoms. The van der Waals surface area contributed by atoms with Gasteiger partial charge >= 0.3 is 0 Å². The minimum Gasteiger partial charge on any atom is -0.296 e. The molecular weight excluding hydrogens is 211 g/mol. The zero-order chi connectivity index (χ0) is 9.28. The van der Waals surface area contributed by atoms with E-state index >= 15 is 0 Å². The van der Waals surface area contributed by atoms with E-state index in [-0.39, 0.29) is 5.33 Å². The molecule has 1 atom stereocenters. The summed E-state index contributed by atoms with van der Waals surface area (Å²) in [7, 11) is 0. The van der Waals surface area contributed by atoms with Gasteiger partial charge in [-0.3, -0.25) is 4.79 Å². The maximum absolute atomic E-state index is 13.8.